The van der Waals surface area contributed by atoms with Crippen molar-refractivity contribution in [2.24, 2.45) is 0 Å². The number of aromatic nitrogens is 2. The summed E-state index contributed by atoms with van der Waals surface area (Å²) in [6, 6.07) is 7.80. The van der Waals surface area contributed by atoms with Crippen molar-refractivity contribution in [1.82, 2.24) is 20.4 Å². The third-order valence-electron chi connectivity index (χ3n) is 2.97. The molecule has 6 heteroatoms. The van der Waals surface area contributed by atoms with Crippen molar-refractivity contribution < 1.29 is 4.79 Å². The number of benzene rings is 1. The van der Waals surface area contributed by atoms with Crippen LogP contribution < -0.4 is 10.6 Å². The highest BCUT2D eigenvalue weighted by molar-refractivity contribution is 9.10. The lowest BCUT2D eigenvalue weighted by atomic mass is 10.2. The number of hydrogen-bond donors (Lipinski definition) is 2. The van der Waals surface area contributed by atoms with Gasteiger partial charge in [0.1, 0.15) is 0 Å². The average Bonchev–Trinajstić information content (AvgIpc) is 2.81. The monoisotopic (exact) mass is 336 g/mol. The van der Waals surface area contributed by atoms with Gasteiger partial charge in [0.05, 0.1) is 23.1 Å². The maximum Gasteiger partial charge on any atom is 0.254 e. The van der Waals surface area contributed by atoms with Gasteiger partial charge in [-0.3, -0.25) is 4.79 Å². The molecule has 0 aliphatic carbocycles. The number of carbonyl (C=O) groups excluding carboxylic acids is 1. The molecule has 106 valence electrons. The topological polar surface area (TPSA) is 58.9 Å². The van der Waals surface area contributed by atoms with Crippen molar-refractivity contribution in [3.63, 3.8) is 0 Å². The molecule has 0 saturated carbocycles. The van der Waals surface area contributed by atoms with E-state index >= 15 is 0 Å². The summed E-state index contributed by atoms with van der Waals surface area (Å²) in [5.74, 6) is -0.0982. The number of nitrogens with one attached hydrogen (secondary N) is 2. The zero-order valence-corrected chi connectivity index (χ0v) is 13.1. The molecule has 0 aliphatic rings. The predicted octanol–water partition coefficient (Wildman–Crippen LogP) is 1.89. The smallest absolute Gasteiger partial charge is 0.254 e. The molecule has 0 spiro atoms. The summed E-state index contributed by atoms with van der Waals surface area (Å²) in [5.41, 5.74) is 2.34. The molecule has 1 aromatic heterocycles. The molecule has 1 heterocycles. The minimum atomic E-state index is -0.0982. The van der Waals surface area contributed by atoms with Gasteiger partial charge in [-0.25, -0.2) is 4.68 Å². The zero-order valence-electron chi connectivity index (χ0n) is 11.5. The fraction of sp³-hybridized carbons (Fsp3) is 0.286. The Kier molecular flexibility index (Phi) is 4.92. The Labute approximate surface area is 126 Å². The molecule has 1 aromatic carbocycles. The summed E-state index contributed by atoms with van der Waals surface area (Å²) in [6.07, 6.45) is 1.60. The van der Waals surface area contributed by atoms with Crippen LogP contribution >= 0.6 is 15.9 Å². The fourth-order valence-electron chi connectivity index (χ4n) is 1.90. The van der Waals surface area contributed by atoms with E-state index in [1.165, 1.54) is 0 Å². The van der Waals surface area contributed by atoms with E-state index in [0.717, 1.165) is 22.4 Å². The molecular weight excluding hydrogens is 320 g/mol. The maximum absolute atomic E-state index is 12.1. The number of amides is 1. The number of likely N-dealkylation sites (N-methyl/N-ethyl adjacent to an activating group) is 1. The van der Waals surface area contributed by atoms with E-state index in [2.05, 4.69) is 31.7 Å². The van der Waals surface area contributed by atoms with Crippen LogP contribution in [0.25, 0.3) is 5.69 Å². The molecule has 2 rings (SSSR count). The highest BCUT2D eigenvalue weighted by atomic mass is 79.9. The van der Waals surface area contributed by atoms with E-state index in [1.54, 1.807) is 10.9 Å². The second-order valence-electron chi connectivity index (χ2n) is 4.39. The van der Waals surface area contributed by atoms with Crippen LogP contribution in [0.3, 0.4) is 0 Å². The van der Waals surface area contributed by atoms with Gasteiger partial charge in [-0.05, 0) is 32.2 Å². The summed E-state index contributed by atoms with van der Waals surface area (Å²) in [7, 11) is 1.85. The number of rotatable bonds is 5. The van der Waals surface area contributed by atoms with Crippen LogP contribution in [0.2, 0.25) is 0 Å². The van der Waals surface area contributed by atoms with Crippen LogP contribution in [-0.4, -0.2) is 35.8 Å². The summed E-state index contributed by atoms with van der Waals surface area (Å²) >= 11 is 3.43. The first-order chi connectivity index (χ1) is 9.63. The van der Waals surface area contributed by atoms with Crippen LogP contribution in [0, 0.1) is 6.92 Å². The second-order valence-corrected chi connectivity index (χ2v) is 5.31. The van der Waals surface area contributed by atoms with Gasteiger partial charge in [0.25, 0.3) is 5.91 Å². The molecule has 0 aliphatic heterocycles. The molecule has 2 aromatic rings. The van der Waals surface area contributed by atoms with Crippen molar-refractivity contribution in [2.75, 3.05) is 20.1 Å². The Morgan fingerprint density at radius 2 is 2.20 bits per heavy atom. The molecule has 0 bridgehead atoms. The van der Waals surface area contributed by atoms with Gasteiger partial charge in [-0.1, -0.05) is 22.0 Å². The van der Waals surface area contributed by atoms with Gasteiger partial charge in [-0.2, -0.15) is 5.10 Å². The van der Waals surface area contributed by atoms with Gasteiger partial charge in [0.15, 0.2) is 0 Å². The van der Waals surface area contributed by atoms with Crippen molar-refractivity contribution in [3.05, 3.63) is 46.2 Å². The number of hydrogen-bond acceptors (Lipinski definition) is 3. The van der Waals surface area contributed by atoms with Crippen LogP contribution in [-0.2, 0) is 0 Å². The second kappa shape index (κ2) is 6.67. The summed E-state index contributed by atoms with van der Waals surface area (Å²) < 4.78 is 2.74. The van der Waals surface area contributed by atoms with E-state index in [0.29, 0.717) is 12.1 Å². The lowest BCUT2D eigenvalue weighted by molar-refractivity contribution is 0.0953. The number of nitrogens with zero attached hydrogens (tertiary/aromatic N) is 2. The van der Waals surface area contributed by atoms with Crippen LogP contribution in [0.5, 0.6) is 0 Å². The lowest BCUT2D eigenvalue weighted by Gasteiger charge is -2.07. The number of halogens is 1. The Hall–Kier alpha value is -1.66. The normalized spacial score (nSPS) is 10.6. The molecule has 0 fully saturated rings. The Morgan fingerprint density at radius 1 is 1.40 bits per heavy atom. The standard InChI is InChI=1S/C14H17BrN4O/c1-10-13(14(20)17-7-6-16-2)9-18-19(10)12-5-3-4-11(15)8-12/h3-5,8-9,16H,6-7H2,1-2H3,(H,17,20). The van der Waals surface area contributed by atoms with Gasteiger partial charge in [-0.15, -0.1) is 0 Å². The largest absolute Gasteiger partial charge is 0.351 e. The summed E-state index contributed by atoms with van der Waals surface area (Å²) in [5, 5.41) is 10.1. The minimum absolute atomic E-state index is 0.0982. The van der Waals surface area contributed by atoms with E-state index in [4.69, 9.17) is 0 Å². The Balaban J connectivity index is 2.21. The molecule has 0 unspecified atom stereocenters. The molecule has 20 heavy (non-hydrogen) atoms. The molecule has 2 N–H and O–H groups in total. The van der Waals surface area contributed by atoms with E-state index in [-0.39, 0.29) is 5.91 Å². The van der Waals surface area contributed by atoms with Gasteiger partial charge >= 0.3 is 0 Å². The lowest BCUT2D eigenvalue weighted by Crippen LogP contribution is -2.30. The molecular formula is C14H17BrN4O. The van der Waals surface area contributed by atoms with E-state index in [9.17, 15) is 4.79 Å². The Bertz CT molecular complexity index is 609. The first-order valence-electron chi connectivity index (χ1n) is 6.37. The number of carbonyl (C=O) groups is 1. The third kappa shape index (κ3) is 3.26. The highest BCUT2D eigenvalue weighted by Crippen LogP contribution is 2.18. The SMILES string of the molecule is CNCCNC(=O)c1cnn(-c2cccc(Br)c2)c1C. The van der Waals surface area contributed by atoms with Crippen molar-refractivity contribution in [2.45, 2.75) is 6.92 Å². The summed E-state index contributed by atoms with van der Waals surface area (Å²) in [6.45, 7) is 3.22. The first-order valence-corrected chi connectivity index (χ1v) is 7.16. The zero-order chi connectivity index (χ0) is 14.5. The van der Waals surface area contributed by atoms with E-state index < -0.39 is 0 Å². The molecule has 0 radical (unpaired) electrons. The van der Waals surface area contributed by atoms with Crippen LogP contribution in [0.1, 0.15) is 16.1 Å². The fourth-order valence-corrected chi connectivity index (χ4v) is 2.28. The van der Waals surface area contributed by atoms with Gasteiger partial charge in [0, 0.05) is 17.6 Å². The van der Waals surface area contributed by atoms with Crippen LogP contribution in [0.4, 0.5) is 0 Å². The van der Waals surface area contributed by atoms with Gasteiger partial charge < -0.3 is 10.6 Å². The van der Waals surface area contributed by atoms with E-state index in [1.807, 2.05) is 38.2 Å². The quantitative estimate of drug-likeness (QED) is 0.820. The molecule has 1 amide bonds. The molecule has 0 atom stereocenters. The van der Waals surface area contributed by atoms with Crippen molar-refractivity contribution >= 4 is 21.8 Å². The van der Waals surface area contributed by atoms with Crippen molar-refractivity contribution in [3.8, 4) is 5.69 Å². The predicted molar refractivity (Wildman–Crippen MR) is 82.3 cm³/mol. The minimum Gasteiger partial charge on any atom is -0.351 e. The first kappa shape index (κ1) is 14.7. The molecule has 5 nitrogen and oxygen atoms in total. The average molecular weight is 337 g/mol. The highest BCUT2D eigenvalue weighted by Gasteiger charge is 2.14. The Morgan fingerprint density at radius 3 is 2.90 bits per heavy atom. The van der Waals surface area contributed by atoms with Crippen molar-refractivity contribution in [1.29, 1.82) is 0 Å². The maximum atomic E-state index is 12.1. The van der Waals surface area contributed by atoms with Gasteiger partial charge in [0.2, 0.25) is 0 Å². The van der Waals surface area contributed by atoms with Crippen LogP contribution in [0.15, 0.2) is 34.9 Å². The summed E-state index contributed by atoms with van der Waals surface area (Å²) in [4.78, 5) is 12.1. The third-order valence-corrected chi connectivity index (χ3v) is 3.46. The molecule has 0 saturated heterocycles.